The Morgan fingerprint density at radius 2 is 2.21 bits per heavy atom. The van der Waals surface area contributed by atoms with Crippen LogP contribution in [0.15, 0.2) is 42.7 Å². The zero-order chi connectivity index (χ0) is 13.7. The van der Waals surface area contributed by atoms with E-state index in [0.717, 1.165) is 5.56 Å². The van der Waals surface area contributed by atoms with E-state index in [-0.39, 0.29) is 17.7 Å². The lowest BCUT2D eigenvalue weighted by Crippen LogP contribution is -2.24. The van der Waals surface area contributed by atoms with Gasteiger partial charge in [0.05, 0.1) is 17.7 Å². The lowest BCUT2D eigenvalue weighted by Gasteiger charge is -2.17. The van der Waals surface area contributed by atoms with Gasteiger partial charge in [0.25, 0.3) is 0 Å². The highest BCUT2D eigenvalue weighted by Gasteiger charge is 2.12. The fourth-order valence-corrected chi connectivity index (χ4v) is 1.88. The number of nitrogens with one attached hydrogen (secondary N) is 1. The Morgan fingerprint density at radius 1 is 1.37 bits per heavy atom. The van der Waals surface area contributed by atoms with Crippen molar-refractivity contribution < 1.29 is 9.50 Å². The summed E-state index contributed by atoms with van der Waals surface area (Å²) in [6.07, 6.45) is 3.44. The molecule has 1 heterocycles. The third-order valence-corrected chi connectivity index (χ3v) is 3.11. The molecule has 0 fully saturated rings. The predicted octanol–water partition coefficient (Wildman–Crippen LogP) is 2.70. The molecule has 0 aliphatic rings. The van der Waals surface area contributed by atoms with Crippen LogP contribution >= 0.6 is 11.6 Å². The number of aromatic nitrogens is 1. The quantitative estimate of drug-likeness (QED) is 0.885. The molecule has 0 saturated carbocycles. The van der Waals surface area contributed by atoms with E-state index in [0.29, 0.717) is 12.1 Å². The van der Waals surface area contributed by atoms with Crippen LogP contribution in [0.2, 0.25) is 5.02 Å². The predicted molar refractivity (Wildman–Crippen MR) is 72.3 cm³/mol. The maximum atomic E-state index is 13.4. The van der Waals surface area contributed by atoms with E-state index in [1.165, 1.54) is 12.1 Å². The van der Waals surface area contributed by atoms with E-state index in [2.05, 4.69) is 10.3 Å². The minimum absolute atomic E-state index is 0.0766. The second-order valence-corrected chi connectivity index (χ2v) is 4.56. The molecular weight excluding hydrogens is 267 g/mol. The molecule has 2 aromatic rings. The number of hydrogen-bond donors (Lipinski definition) is 2. The average Bonchev–Trinajstić information content (AvgIpc) is 2.44. The van der Waals surface area contributed by atoms with E-state index in [4.69, 9.17) is 11.6 Å². The van der Waals surface area contributed by atoms with Crippen LogP contribution in [0.25, 0.3) is 0 Å². The van der Waals surface area contributed by atoms with Gasteiger partial charge in [0.1, 0.15) is 5.82 Å². The van der Waals surface area contributed by atoms with Gasteiger partial charge in [-0.3, -0.25) is 4.98 Å². The third-order valence-electron chi connectivity index (χ3n) is 2.80. The van der Waals surface area contributed by atoms with Crippen molar-refractivity contribution in [3.05, 3.63) is 64.7 Å². The van der Waals surface area contributed by atoms with E-state index < -0.39 is 5.82 Å². The van der Waals surface area contributed by atoms with Crippen molar-refractivity contribution in [1.82, 2.24) is 10.3 Å². The van der Waals surface area contributed by atoms with Crippen LogP contribution in [0.1, 0.15) is 17.2 Å². The van der Waals surface area contributed by atoms with Crippen LogP contribution in [0.5, 0.6) is 0 Å². The Bertz CT molecular complexity index is 536. The highest BCUT2D eigenvalue weighted by atomic mass is 35.5. The minimum atomic E-state index is -0.485. The average molecular weight is 281 g/mol. The molecule has 1 aromatic heterocycles. The number of nitrogens with zero attached hydrogens (tertiary/aromatic N) is 1. The Morgan fingerprint density at radius 3 is 2.84 bits per heavy atom. The van der Waals surface area contributed by atoms with Crippen LogP contribution < -0.4 is 5.32 Å². The van der Waals surface area contributed by atoms with Crippen LogP contribution in [0.3, 0.4) is 0 Å². The molecule has 1 aromatic carbocycles. The molecule has 0 bridgehead atoms. The third kappa shape index (κ3) is 3.73. The summed E-state index contributed by atoms with van der Waals surface area (Å²) in [6.45, 7) is 0.421. The summed E-state index contributed by atoms with van der Waals surface area (Å²) in [5, 5.41) is 12.6. The smallest absolute Gasteiger partial charge is 0.142 e. The Kier molecular flexibility index (Phi) is 4.85. The zero-order valence-electron chi connectivity index (χ0n) is 10.2. The first-order chi connectivity index (χ1) is 9.20. The molecular formula is C14H14ClFN2O. The van der Waals surface area contributed by atoms with Gasteiger partial charge in [-0.25, -0.2) is 4.39 Å². The van der Waals surface area contributed by atoms with E-state index in [1.807, 2.05) is 12.1 Å². The van der Waals surface area contributed by atoms with Crippen LogP contribution in [0.4, 0.5) is 4.39 Å². The minimum Gasteiger partial charge on any atom is -0.394 e. The summed E-state index contributed by atoms with van der Waals surface area (Å²) >= 11 is 5.64. The van der Waals surface area contributed by atoms with E-state index in [9.17, 15) is 9.50 Å². The van der Waals surface area contributed by atoms with E-state index in [1.54, 1.807) is 18.5 Å². The van der Waals surface area contributed by atoms with Gasteiger partial charge in [0, 0.05) is 18.9 Å². The molecule has 0 radical (unpaired) electrons. The fourth-order valence-electron chi connectivity index (χ4n) is 1.76. The van der Waals surface area contributed by atoms with Gasteiger partial charge >= 0.3 is 0 Å². The second kappa shape index (κ2) is 6.61. The van der Waals surface area contributed by atoms with Gasteiger partial charge in [-0.05, 0) is 29.3 Å². The van der Waals surface area contributed by atoms with Gasteiger partial charge in [-0.15, -0.1) is 0 Å². The summed E-state index contributed by atoms with van der Waals surface area (Å²) in [7, 11) is 0. The summed E-state index contributed by atoms with van der Waals surface area (Å²) in [5.74, 6) is -0.485. The number of pyridine rings is 1. The van der Waals surface area contributed by atoms with Crippen molar-refractivity contribution in [2.24, 2.45) is 0 Å². The molecule has 0 saturated heterocycles. The molecule has 0 spiro atoms. The van der Waals surface area contributed by atoms with Gasteiger partial charge < -0.3 is 10.4 Å². The van der Waals surface area contributed by atoms with E-state index >= 15 is 0 Å². The molecule has 0 aliphatic heterocycles. The zero-order valence-corrected chi connectivity index (χ0v) is 10.9. The molecule has 3 nitrogen and oxygen atoms in total. The van der Waals surface area contributed by atoms with Gasteiger partial charge in [0.2, 0.25) is 0 Å². The number of aliphatic hydroxyl groups is 1. The van der Waals surface area contributed by atoms with Crippen molar-refractivity contribution in [3.63, 3.8) is 0 Å². The molecule has 19 heavy (non-hydrogen) atoms. The van der Waals surface area contributed by atoms with Crippen LogP contribution in [0, 0.1) is 5.82 Å². The normalized spacial score (nSPS) is 12.4. The fraction of sp³-hybridized carbons (Fsp3) is 0.214. The second-order valence-electron chi connectivity index (χ2n) is 4.15. The first kappa shape index (κ1) is 13.9. The topological polar surface area (TPSA) is 45.1 Å². The lowest BCUT2D eigenvalue weighted by molar-refractivity contribution is 0.243. The lowest BCUT2D eigenvalue weighted by atomic mass is 10.1. The van der Waals surface area contributed by atoms with Crippen molar-refractivity contribution >= 4 is 11.6 Å². The Balaban J connectivity index is 2.05. The van der Waals surface area contributed by atoms with Gasteiger partial charge in [-0.1, -0.05) is 23.7 Å². The largest absolute Gasteiger partial charge is 0.394 e. The highest BCUT2D eigenvalue weighted by Crippen LogP contribution is 2.20. The maximum Gasteiger partial charge on any atom is 0.142 e. The summed E-state index contributed by atoms with van der Waals surface area (Å²) in [5.41, 5.74) is 1.66. The molecule has 2 N–H and O–H groups in total. The molecule has 0 amide bonds. The number of hydrogen-bond acceptors (Lipinski definition) is 3. The molecule has 5 heteroatoms. The molecule has 1 unspecified atom stereocenters. The van der Waals surface area contributed by atoms with Crippen molar-refractivity contribution in [1.29, 1.82) is 0 Å². The standard InChI is InChI=1S/C14H14ClFN2O/c15-12-4-3-11(6-13(12)16)14(9-19)18-8-10-2-1-5-17-7-10/h1-7,14,18-19H,8-9H2. The number of rotatable bonds is 5. The number of benzene rings is 1. The van der Waals surface area contributed by atoms with Crippen molar-refractivity contribution in [3.8, 4) is 0 Å². The van der Waals surface area contributed by atoms with Crippen LogP contribution in [-0.2, 0) is 6.54 Å². The number of aliphatic hydroxyl groups excluding tert-OH is 1. The van der Waals surface area contributed by atoms with Crippen LogP contribution in [-0.4, -0.2) is 16.7 Å². The van der Waals surface area contributed by atoms with Gasteiger partial charge in [0.15, 0.2) is 0 Å². The van der Waals surface area contributed by atoms with Gasteiger partial charge in [-0.2, -0.15) is 0 Å². The molecule has 100 valence electrons. The Hall–Kier alpha value is -1.49. The first-order valence-electron chi connectivity index (χ1n) is 5.89. The molecule has 0 aliphatic carbocycles. The SMILES string of the molecule is OCC(NCc1cccnc1)c1ccc(Cl)c(F)c1. The Labute approximate surface area is 116 Å². The summed E-state index contributed by atoms with van der Waals surface area (Å²) in [4.78, 5) is 4.01. The number of halogens is 2. The van der Waals surface area contributed by atoms with Crippen molar-refractivity contribution in [2.45, 2.75) is 12.6 Å². The molecule has 2 rings (SSSR count). The maximum absolute atomic E-state index is 13.4. The molecule has 1 atom stereocenters. The summed E-state index contributed by atoms with van der Waals surface area (Å²) in [6, 6.07) is 7.94. The highest BCUT2D eigenvalue weighted by molar-refractivity contribution is 6.30. The monoisotopic (exact) mass is 280 g/mol. The summed E-state index contributed by atoms with van der Waals surface area (Å²) < 4.78 is 13.4. The van der Waals surface area contributed by atoms with Crippen molar-refractivity contribution in [2.75, 3.05) is 6.61 Å². The first-order valence-corrected chi connectivity index (χ1v) is 6.26.